The monoisotopic (exact) mass is 280 g/mol. The molecule has 0 amide bonds. The van der Waals surface area contributed by atoms with E-state index in [1.54, 1.807) is 0 Å². The lowest BCUT2D eigenvalue weighted by atomic mass is 10.1. The number of nitrogens with one attached hydrogen (secondary N) is 1. The normalized spacial score (nSPS) is 13.0. The third-order valence-electron chi connectivity index (χ3n) is 3.87. The fraction of sp³-hybridized carbons (Fsp3) is 0.812. The summed E-state index contributed by atoms with van der Waals surface area (Å²) in [6, 6.07) is 0.540. The average Bonchev–Trinajstić information content (AvgIpc) is 2.63. The Hall–Kier alpha value is -1.03. The van der Waals surface area contributed by atoms with Gasteiger partial charge in [0.25, 0.3) is 0 Å². The maximum atomic E-state index is 4.61. The SMILES string of the molecule is CCCC(C)N(C)c1c(CNCC(C)C)c(C)nn1C. The van der Waals surface area contributed by atoms with Crippen molar-refractivity contribution >= 4 is 5.82 Å². The predicted octanol–water partition coefficient (Wildman–Crippen LogP) is 3.10. The van der Waals surface area contributed by atoms with Gasteiger partial charge < -0.3 is 10.2 Å². The zero-order valence-electron chi connectivity index (χ0n) is 14.3. The van der Waals surface area contributed by atoms with Crippen LogP contribution in [-0.2, 0) is 13.6 Å². The van der Waals surface area contributed by atoms with E-state index in [0.29, 0.717) is 12.0 Å². The average molecular weight is 280 g/mol. The van der Waals surface area contributed by atoms with E-state index in [0.717, 1.165) is 18.8 Å². The Morgan fingerprint density at radius 3 is 2.50 bits per heavy atom. The van der Waals surface area contributed by atoms with Gasteiger partial charge in [-0.05, 0) is 32.7 Å². The first-order chi connectivity index (χ1) is 9.38. The van der Waals surface area contributed by atoms with Crippen molar-refractivity contribution in [2.24, 2.45) is 13.0 Å². The molecule has 0 radical (unpaired) electrons. The molecule has 116 valence electrons. The van der Waals surface area contributed by atoms with Crippen LogP contribution in [-0.4, -0.2) is 29.4 Å². The molecule has 1 unspecified atom stereocenters. The first-order valence-electron chi connectivity index (χ1n) is 7.84. The van der Waals surface area contributed by atoms with Crippen molar-refractivity contribution in [2.45, 2.75) is 60.0 Å². The van der Waals surface area contributed by atoms with Gasteiger partial charge in [-0.1, -0.05) is 27.2 Å². The second kappa shape index (κ2) is 7.67. The molecule has 0 aliphatic heterocycles. The van der Waals surface area contributed by atoms with E-state index in [2.05, 4.69) is 57.0 Å². The van der Waals surface area contributed by atoms with E-state index in [-0.39, 0.29) is 0 Å². The Bertz CT molecular complexity index is 409. The molecule has 0 aromatic carbocycles. The lowest BCUT2D eigenvalue weighted by Gasteiger charge is -2.28. The summed E-state index contributed by atoms with van der Waals surface area (Å²) >= 11 is 0. The van der Waals surface area contributed by atoms with E-state index in [1.807, 2.05) is 11.7 Å². The molecular weight excluding hydrogens is 248 g/mol. The van der Waals surface area contributed by atoms with Gasteiger partial charge in [-0.25, -0.2) is 0 Å². The van der Waals surface area contributed by atoms with Crippen LogP contribution in [0.1, 0.15) is 51.8 Å². The lowest BCUT2D eigenvalue weighted by Crippen LogP contribution is -2.32. The summed E-state index contributed by atoms with van der Waals surface area (Å²) in [4.78, 5) is 2.37. The summed E-state index contributed by atoms with van der Waals surface area (Å²) in [6.45, 7) is 13.0. The molecule has 1 aromatic heterocycles. The van der Waals surface area contributed by atoms with E-state index in [4.69, 9.17) is 0 Å². The van der Waals surface area contributed by atoms with Crippen molar-refractivity contribution < 1.29 is 0 Å². The highest BCUT2D eigenvalue weighted by atomic mass is 15.4. The van der Waals surface area contributed by atoms with E-state index in [1.165, 1.54) is 24.2 Å². The molecule has 1 rings (SSSR count). The van der Waals surface area contributed by atoms with Crippen molar-refractivity contribution in [3.8, 4) is 0 Å². The molecule has 0 saturated heterocycles. The third-order valence-corrected chi connectivity index (χ3v) is 3.87. The van der Waals surface area contributed by atoms with Crippen molar-refractivity contribution in [2.75, 3.05) is 18.5 Å². The molecule has 1 N–H and O–H groups in total. The maximum Gasteiger partial charge on any atom is 0.131 e. The molecule has 0 spiro atoms. The third kappa shape index (κ3) is 4.23. The van der Waals surface area contributed by atoms with Crippen LogP contribution in [0, 0.1) is 12.8 Å². The molecule has 0 bridgehead atoms. The lowest BCUT2D eigenvalue weighted by molar-refractivity contribution is 0.548. The highest BCUT2D eigenvalue weighted by molar-refractivity contribution is 5.50. The Morgan fingerprint density at radius 1 is 1.30 bits per heavy atom. The van der Waals surface area contributed by atoms with Crippen LogP contribution in [0.3, 0.4) is 0 Å². The van der Waals surface area contributed by atoms with Gasteiger partial charge in [-0.3, -0.25) is 4.68 Å². The Labute approximate surface area is 124 Å². The number of aryl methyl sites for hydroxylation is 2. The first-order valence-corrected chi connectivity index (χ1v) is 7.84. The number of anilines is 1. The van der Waals surface area contributed by atoms with Gasteiger partial charge in [0.2, 0.25) is 0 Å². The van der Waals surface area contributed by atoms with E-state index in [9.17, 15) is 0 Å². The number of nitrogens with zero attached hydrogens (tertiary/aromatic N) is 3. The van der Waals surface area contributed by atoms with Crippen molar-refractivity contribution in [3.05, 3.63) is 11.3 Å². The molecule has 0 aliphatic rings. The summed E-state index contributed by atoms with van der Waals surface area (Å²) in [5.74, 6) is 1.92. The molecular formula is C16H32N4. The first kappa shape index (κ1) is 17.0. The van der Waals surface area contributed by atoms with Crippen LogP contribution in [0.5, 0.6) is 0 Å². The number of hydrogen-bond acceptors (Lipinski definition) is 3. The standard InChI is InChI=1S/C16H32N4/c1-8-9-13(4)19(6)16-15(11-17-10-12(2)3)14(5)18-20(16)7/h12-13,17H,8-11H2,1-7H3. The Balaban J connectivity index is 2.88. The van der Waals surface area contributed by atoms with Gasteiger partial charge in [0, 0.05) is 32.2 Å². The van der Waals surface area contributed by atoms with Crippen LogP contribution in [0.4, 0.5) is 5.82 Å². The van der Waals surface area contributed by atoms with Crippen molar-refractivity contribution in [1.29, 1.82) is 0 Å². The molecule has 1 heterocycles. The molecule has 4 heteroatoms. The van der Waals surface area contributed by atoms with E-state index < -0.39 is 0 Å². The minimum atomic E-state index is 0.540. The zero-order valence-corrected chi connectivity index (χ0v) is 14.3. The number of hydrogen-bond donors (Lipinski definition) is 1. The summed E-state index contributed by atoms with van der Waals surface area (Å²) in [5.41, 5.74) is 2.47. The van der Waals surface area contributed by atoms with Gasteiger partial charge in [0.05, 0.1) is 5.69 Å². The van der Waals surface area contributed by atoms with Crippen LogP contribution >= 0.6 is 0 Å². The molecule has 0 fully saturated rings. The molecule has 1 atom stereocenters. The second-order valence-electron chi connectivity index (χ2n) is 6.28. The van der Waals surface area contributed by atoms with Crippen molar-refractivity contribution in [1.82, 2.24) is 15.1 Å². The molecule has 20 heavy (non-hydrogen) atoms. The quantitative estimate of drug-likeness (QED) is 0.794. The Kier molecular flexibility index (Phi) is 6.53. The van der Waals surface area contributed by atoms with E-state index >= 15 is 0 Å². The van der Waals surface area contributed by atoms with Gasteiger partial charge in [0.1, 0.15) is 5.82 Å². The van der Waals surface area contributed by atoms with Gasteiger partial charge in [0.15, 0.2) is 0 Å². The highest BCUT2D eigenvalue weighted by Crippen LogP contribution is 2.24. The maximum absolute atomic E-state index is 4.61. The summed E-state index contributed by atoms with van der Waals surface area (Å²) in [7, 11) is 4.23. The molecule has 4 nitrogen and oxygen atoms in total. The van der Waals surface area contributed by atoms with Gasteiger partial charge in [-0.15, -0.1) is 0 Å². The fourth-order valence-corrected chi connectivity index (χ4v) is 2.64. The number of aromatic nitrogens is 2. The largest absolute Gasteiger partial charge is 0.357 e. The van der Waals surface area contributed by atoms with Crippen molar-refractivity contribution in [3.63, 3.8) is 0 Å². The van der Waals surface area contributed by atoms with Crippen LogP contribution in [0.25, 0.3) is 0 Å². The highest BCUT2D eigenvalue weighted by Gasteiger charge is 2.19. The minimum Gasteiger partial charge on any atom is -0.357 e. The topological polar surface area (TPSA) is 33.1 Å². The second-order valence-corrected chi connectivity index (χ2v) is 6.28. The van der Waals surface area contributed by atoms with Crippen LogP contribution in [0.2, 0.25) is 0 Å². The number of rotatable bonds is 8. The van der Waals surface area contributed by atoms with Gasteiger partial charge >= 0.3 is 0 Å². The minimum absolute atomic E-state index is 0.540. The van der Waals surface area contributed by atoms with Crippen LogP contribution < -0.4 is 10.2 Å². The predicted molar refractivity (Wildman–Crippen MR) is 87.3 cm³/mol. The van der Waals surface area contributed by atoms with Crippen LogP contribution in [0.15, 0.2) is 0 Å². The summed E-state index contributed by atoms with van der Waals surface area (Å²) < 4.78 is 2.02. The summed E-state index contributed by atoms with van der Waals surface area (Å²) in [6.07, 6.45) is 2.42. The fourth-order valence-electron chi connectivity index (χ4n) is 2.64. The van der Waals surface area contributed by atoms with Gasteiger partial charge in [-0.2, -0.15) is 5.10 Å². The molecule has 1 aromatic rings. The molecule has 0 aliphatic carbocycles. The molecule has 0 saturated carbocycles. The summed E-state index contributed by atoms with van der Waals surface area (Å²) in [5, 5.41) is 8.15. The smallest absolute Gasteiger partial charge is 0.131 e. The zero-order chi connectivity index (χ0) is 15.3. The Morgan fingerprint density at radius 2 is 1.95 bits per heavy atom.